The van der Waals surface area contributed by atoms with Crippen LogP contribution in [0.4, 0.5) is 10.1 Å². The zero-order valence-electron chi connectivity index (χ0n) is 15.1. The highest BCUT2D eigenvalue weighted by Crippen LogP contribution is 2.34. The molecule has 4 rings (SSSR count). The Hall–Kier alpha value is -4.33. The predicted octanol–water partition coefficient (Wildman–Crippen LogP) is 3.69. The van der Waals surface area contributed by atoms with Crippen LogP contribution in [0.2, 0.25) is 0 Å². The van der Waals surface area contributed by atoms with Crippen molar-refractivity contribution < 1.29 is 33.8 Å². The van der Waals surface area contributed by atoms with E-state index in [1.54, 1.807) is 0 Å². The molecule has 2 N–H and O–H groups in total. The Kier molecular flexibility index (Phi) is 4.39. The third-order valence-electron chi connectivity index (χ3n) is 4.78. The molecule has 0 radical (unpaired) electrons. The van der Waals surface area contributed by atoms with E-state index in [-0.39, 0.29) is 27.9 Å². The van der Waals surface area contributed by atoms with Gasteiger partial charge in [0.25, 0.3) is 11.8 Å². The average Bonchev–Trinajstić information content (AvgIpc) is 2.97. The lowest BCUT2D eigenvalue weighted by atomic mass is 10.0. The Labute approximate surface area is 168 Å². The van der Waals surface area contributed by atoms with Crippen molar-refractivity contribution in [3.8, 4) is 11.1 Å². The molecule has 3 aromatic rings. The molecule has 7 nitrogen and oxygen atoms in total. The number of imide groups is 1. The Morgan fingerprint density at radius 3 is 2.00 bits per heavy atom. The molecule has 1 heterocycles. The van der Waals surface area contributed by atoms with Crippen LogP contribution in [0.5, 0.6) is 0 Å². The summed E-state index contributed by atoms with van der Waals surface area (Å²) in [6.07, 6.45) is 0. The monoisotopic (exact) mass is 405 g/mol. The van der Waals surface area contributed by atoms with Crippen LogP contribution >= 0.6 is 0 Å². The maximum Gasteiger partial charge on any atom is 0.337 e. The van der Waals surface area contributed by atoms with Crippen molar-refractivity contribution in [1.29, 1.82) is 0 Å². The number of halogens is 1. The van der Waals surface area contributed by atoms with Crippen LogP contribution < -0.4 is 4.90 Å². The minimum atomic E-state index is -1.35. The number of anilines is 1. The number of hydrogen-bond acceptors (Lipinski definition) is 4. The van der Waals surface area contributed by atoms with Crippen LogP contribution in [-0.2, 0) is 0 Å². The van der Waals surface area contributed by atoms with Gasteiger partial charge in [-0.3, -0.25) is 9.59 Å². The Morgan fingerprint density at radius 1 is 0.733 bits per heavy atom. The van der Waals surface area contributed by atoms with Crippen LogP contribution in [0.1, 0.15) is 41.4 Å². The van der Waals surface area contributed by atoms with E-state index in [1.807, 2.05) is 0 Å². The number of carbonyl (C=O) groups is 4. The molecule has 0 aromatic heterocycles. The number of carboxylic acid groups (broad SMARTS) is 2. The number of amides is 2. The molecule has 0 fully saturated rings. The first-order chi connectivity index (χ1) is 14.3. The van der Waals surface area contributed by atoms with E-state index in [2.05, 4.69) is 0 Å². The standard InChI is InChI=1S/C22H12FNO6/c23-14-5-1-11(2-6-14)12-3-8-16(22(29)30)18(10-12)24-19(25)15-7-4-13(21(27)28)9-17(15)20(24)26/h1-10H,(H,27,28)(H,29,30). The highest BCUT2D eigenvalue weighted by atomic mass is 19.1. The number of hydrogen-bond donors (Lipinski definition) is 2. The molecular weight excluding hydrogens is 393 g/mol. The summed E-state index contributed by atoms with van der Waals surface area (Å²) in [4.78, 5) is 49.4. The fraction of sp³-hybridized carbons (Fsp3) is 0. The second-order valence-corrected chi connectivity index (χ2v) is 6.56. The van der Waals surface area contributed by atoms with E-state index in [9.17, 15) is 28.7 Å². The van der Waals surface area contributed by atoms with E-state index >= 15 is 0 Å². The Morgan fingerprint density at radius 2 is 1.37 bits per heavy atom. The highest BCUT2D eigenvalue weighted by molar-refractivity contribution is 6.35. The molecule has 0 saturated carbocycles. The zero-order valence-corrected chi connectivity index (χ0v) is 15.1. The summed E-state index contributed by atoms with van der Waals surface area (Å²) < 4.78 is 13.2. The maximum absolute atomic E-state index is 13.2. The first-order valence-corrected chi connectivity index (χ1v) is 8.67. The quantitative estimate of drug-likeness (QED) is 0.641. The lowest BCUT2D eigenvalue weighted by Crippen LogP contribution is -2.31. The fourth-order valence-corrected chi connectivity index (χ4v) is 3.31. The van der Waals surface area contributed by atoms with E-state index < -0.39 is 29.6 Å². The molecule has 0 aliphatic carbocycles. The first-order valence-electron chi connectivity index (χ1n) is 8.67. The van der Waals surface area contributed by atoms with Crippen LogP contribution in [0, 0.1) is 5.82 Å². The van der Waals surface area contributed by atoms with Gasteiger partial charge < -0.3 is 10.2 Å². The molecule has 0 saturated heterocycles. The Bertz CT molecular complexity index is 1250. The molecule has 0 unspecified atom stereocenters. The summed E-state index contributed by atoms with van der Waals surface area (Å²) in [6.45, 7) is 0. The van der Waals surface area contributed by atoms with Gasteiger partial charge in [0.2, 0.25) is 0 Å². The molecular formula is C22H12FNO6. The van der Waals surface area contributed by atoms with Gasteiger partial charge in [0.05, 0.1) is 27.9 Å². The normalized spacial score (nSPS) is 12.8. The van der Waals surface area contributed by atoms with Crippen molar-refractivity contribution in [2.75, 3.05) is 4.90 Å². The van der Waals surface area contributed by atoms with Gasteiger partial charge in [-0.15, -0.1) is 0 Å². The first kappa shape index (κ1) is 19.0. The van der Waals surface area contributed by atoms with Gasteiger partial charge in [0.15, 0.2) is 0 Å². The molecule has 2 amide bonds. The van der Waals surface area contributed by atoms with Gasteiger partial charge in [-0.25, -0.2) is 18.9 Å². The van der Waals surface area contributed by atoms with Crippen molar-refractivity contribution in [3.63, 3.8) is 0 Å². The minimum absolute atomic E-state index is 0.0199. The minimum Gasteiger partial charge on any atom is -0.478 e. The average molecular weight is 405 g/mol. The number of nitrogens with zero attached hydrogens (tertiary/aromatic N) is 1. The van der Waals surface area contributed by atoms with Gasteiger partial charge in [-0.05, 0) is 53.6 Å². The summed E-state index contributed by atoms with van der Waals surface area (Å²) in [5.74, 6) is -4.64. The molecule has 1 aliphatic rings. The zero-order chi connectivity index (χ0) is 21.6. The number of benzene rings is 3. The van der Waals surface area contributed by atoms with Crippen molar-refractivity contribution in [3.05, 3.63) is 88.7 Å². The summed E-state index contributed by atoms with van der Waals surface area (Å²) in [6, 6.07) is 13.0. The van der Waals surface area contributed by atoms with Crippen molar-refractivity contribution in [2.45, 2.75) is 0 Å². The molecule has 3 aromatic carbocycles. The van der Waals surface area contributed by atoms with Gasteiger partial charge in [0.1, 0.15) is 5.82 Å². The third-order valence-corrected chi connectivity index (χ3v) is 4.78. The second kappa shape index (κ2) is 6.93. The molecule has 30 heavy (non-hydrogen) atoms. The van der Waals surface area contributed by atoms with Crippen LogP contribution in [0.25, 0.3) is 11.1 Å². The van der Waals surface area contributed by atoms with E-state index in [4.69, 9.17) is 5.11 Å². The van der Waals surface area contributed by atoms with Gasteiger partial charge in [0, 0.05) is 0 Å². The van der Waals surface area contributed by atoms with Crippen molar-refractivity contribution >= 4 is 29.4 Å². The summed E-state index contributed by atoms with van der Waals surface area (Å²) in [5.41, 5.74) is 0.269. The summed E-state index contributed by atoms with van der Waals surface area (Å²) in [5, 5.41) is 18.7. The summed E-state index contributed by atoms with van der Waals surface area (Å²) >= 11 is 0. The lowest BCUT2D eigenvalue weighted by molar-refractivity contribution is 0.0686. The van der Waals surface area contributed by atoms with E-state index in [0.717, 1.165) is 6.07 Å². The van der Waals surface area contributed by atoms with Gasteiger partial charge >= 0.3 is 11.9 Å². The number of aromatic carboxylic acids is 2. The van der Waals surface area contributed by atoms with E-state index in [1.165, 1.54) is 54.6 Å². The number of rotatable bonds is 4. The smallest absolute Gasteiger partial charge is 0.337 e. The van der Waals surface area contributed by atoms with Crippen LogP contribution in [0.3, 0.4) is 0 Å². The molecule has 0 atom stereocenters. The highest BCUT2D eigenvalue weighted by Gasteiger charge is 2.39. The lowest BCUT2D eigenvalue weighted by Gasteiger charge is -2.18. The van der Waals surface area contributed by atoms with E-state index in [0.29, 0.717) is 16.0 Å². The molecule has 0 bridgehead atoms. The maximum atomic E-state index is 13.2. The largest absolute Gasteiger partial charge is 0.478 e. The van der Waals surface area contributed by atoms with Crippen LogP contribution in [0.15, 0.2) is 60.7 Å². The van der Waals surface area contributed by atoms with Crippen LogP contribution in [-0.4, -0.2) is 34.0 Å². The Balaban J connectivity index is 1.86. The van der Waals surface area contributed by atoms with Crippen molar-refractivity contribution in [1.82, 2.24) is 0 Å². The molecule has 0 spiro atoms. The number of fused-ring (bicyclic) bond motifs is 1. The molecule has 1 aliphatic heterocycles. The number of carboxylic acids is 2. The van der Waals surface area contributed by atoms with Gasteiger partial charge in [-0.2, -0.15) is 0 Å². The third kappa shape index (κ3) is 3.00. The second-order valence-electron chi connectivity index (χ2n) is 6.56. The number of carbonyl (C=O) groups excluding carboxylic acids is 2. The summed E-state index contributed by atoms with van der Waals surface area (Å²) in [7, 11) is 0. The SMILES string of the molecule is O=C(O)c1ccc2c(c1)C(=O)N(c1cc(-c3ccc(F)cc3)ccc1C(=O)O)C2=O. The topological polar surface area (TPSA) is 112 Å². The van der Waals surface area contributed by atoms with Gasteiger partial charge in [-0.1, -0.05) is 18.2 Å². The fourth-order valence-electron chi connectivity index (χ4n) is 3.31. The molecule has 8 heteroatoms. The van der Waals surface area contributed by atoms with Crippen molar-refractivity contribution in [2.24, 2.45) is 0 Å². The molecule has 148 valence electrons. The predicted molar refractivity (Wildman–Crippen MR) is 103 cm³/mol.